The fraction of sp³-hybridized carbons (Fsp3) is 0.333. The third kappa shape index (κ3) is 1.61. The van der Waals surface area contributed by atoms with Gasteiger partial charge in [-0.15, -0.1) is 0 Å². The Hall–Kier alpha value is 0.620. The average Bonchev–Trinajstić information content (AvgIpc) is 2.11. The van der Waals surface area contributed by atoms with Gasteiger partial charge in [-0.05, 0) is 35.4 Å². The first-order valence-corrected chi connectivity index (χ1v) is 5.70. The second-order valence-corrected chi connectivity index (χ2v) is 5.60. The Kier molecular flexibility index (Phi) is 2.91. The van der Waals surface area contributed by atoms with Crippen LogP contribution in [0, 0.1) is 0 Å². The molecule has 0 nitrogen and oxygen atoms in total. The van der Waals surface area contributed by atoms with E-state index in [2.05, 4.69) is 0 Å². The molecule has 1 heterocycles. The van der Waals surface area contributed by atoms with Crippen molar-refractivity contribution >= 4 is 54.4 Å². The Bertz CT molecular complexity index is 204. The molecule has 0 unspecified atom stereocenters. The molecule has 0 bridgehead atoms. The molecule has 1 fully saturated rings. The lowest BCUT2D eigenvalue weighted by atomic mass is 10.2. The molecule has 0 spiro atoms. The molecule has 54 valence electrons. The van der Waals surface area contributed by atoms with Crippen LogP contribution in [0.5, 0.6) is 0 Å². The second-order valence-electron chi connectivity index (χ2n) is 2.12. The fourth-order valence-electron chi connectivity index (χ4n) is 0.651. The topological polar surface area (TPSA) is 0 Å². The van der Waals surface area contributed by atoms with Crippen molar-refractivity contribution < 1.29 is 0 Å². The molecule has 0 aromatic rings. The van der Waals surface area contributed by atoms with Crippen LogP contribution in [0.3, 0.4) is 0 Å². The fourth-order valence-corrected chi connectivity index (χ4v) is 4.02. The van der Waals surface area contributed by atoms with E-state index < -0.39 is 0 Å². The molecule has 4 heteroatoms. The van der Waals surface area contributed by atoms with Crippen LogP contribution in [0.15, 0.2) is 11.1 Å². The second kappa shape index (κ2) is 3.34. The highest BCUT2D eigenvalue weighted by Crippen LogP contribution is 2.41. The molecule has 1 rings (SSSR count). The maximum Gasteiger partial charge on any atom is 0.0908 e. The van der Waals surface area contributed by atoms with Gasteiger partial charge in [0.15, 0.2) is 0 Å². The lowest BCUT2D eigenvalue weighted by Gasteiger charge is -1.96. The molecule has 0 aliphatic carbocycles. The largest absolute Gasteiger partial charge is 0.0908 e. The van der Waals surface area contributed by atoms with Crippen molar-refractivity contribution in [3.63, 3.8) is 0 Å². The third-order valence-corrected chi connectivity index (χ3v) is 4.69. The van der Waals surface area contributed by atoms with Gasteiger partial charge in [0.1, 0.15) is 0 Å². The monoisotopic (exact) mass is 206 g/mol. The van der Waals surface area contributed by atoms with Crippen LogP contribution in [0.25, 0.3) is 0 Å². The summed E-state index contributed by atoms with van der Waals surface area (Å²) in [5, 5.41) is 0. The van der Waals surface area contributed by atoms with Crippen LogP contribution in [-0.2, 0) is 0 Å². The van der Waals surface area contributed by atoms with E-state index in [9.17, 15) is 0 Å². The molecule has 0 aromatic carbocycles. The van der Waals surface area contributed by atoms with Crippen molar-refractivity contribution in [2.24, 2.45) is 0 Å². The number of allylic oxidation sites excluding steroid dienone is 1. The van der Waals surface area contributed by atoms with Gasteiger partial charge in [0, 0.05) is 5.57 Å². The zero-order valence-electron chi connectivity index (χ0n) is 5.63. The molecular formula is C6H6S4. The van der Waals surface area contributed by atoms with Crippen LogP contribution in [0.4, 0.5) is 0 Å². The summed E-state index contributed by atoms with van der Waals surface area (Å²) in [7, 11) is 3.18. The van der Waals surface area contributed by atoms with E-state index in [1.54, 1.807) is 21.6 Å². The summed E-state index contributed by atoms with van der Waals surface area (Å²) in [6.45, 7) is 4.08. The minimum atomic E-state index is 0.940. The van der Waals surface area contributed by atoms with Crippen LogP contribution in [-0.4, -0.2) is 8.39 Å². The smallest absolute Gasteiger partial charge is 0.0709 e. The van der Waals surface area contributed by atoms with E-state index in [1.165, 1.54) is 5.57 Å². The zero-order chi connectivity index (χ0) is 7.72. The van der Waals surface area contributed by atoms with Crippen molar-refractivity contribution in [2.45, 2.75) is 13.8 Å². The predicted molar refractivity (Wildman–Crippen MR) is 58.8 cm³/mol. The summed E-state index contributed by atoms with van der Waals surface area (Å²) >= 11 is 10.2. The number of hydrogen-bond acceptors (Lipinski definition) is 4. The molecule has 1 aliphatic heterocycles. The van der Waals surface area contributed by atoms with E-state index in [0.29, 0.717) is 0 Å². The Morgan fingerprint density at radius 3 is 1.70 bits per heavy atom. The summed E-state index contributed by atoms with van der Waals surface area (Å²) in [4.78, 5) is 0. The summed E-state index contributed by atoms with van der Waals surface area (Å²) in [6, 6.07) is 0. The summed E-state index contributed by atoms with van der Waals surface area (Å²) < 4.78 is 1.88. The van der Waals surface area contributed by atoms with Crippen LogP contribution >= 0.6 is 46.0 Å². The Morgan fingerprint density at radius 2 is 1.50 bits per heavy atom. The van der Waals surface area contributed by atoms with Gasteiger partial charge in [0.05, 0.1) is 8.39 Å². The van der Waals surface area contributed by atoms with Crippen molar-refractivity contribution in [3.8, 4) is 0 Å². The lowest BCUT2D eigenvalue weighted by Crippen LogP contribution is -1.95. The number of thiocarbonyl (C=S) groups is 2. The van der Waals surface area contributed by atoms with E-state index in [0.717, 1.165) is 14.0 Å². The standard InChI is InChI=1S/C6H6S4/c1-3(2)4-5(7)9-10-6(4)8/h1-2H3. The van der Waals surface area contributed by atoms with E-state index in [1.807, 2.05) is 13.8 Å². The van der Waals surface area contributed by atoms with E-state index in [4.69, 9.17) is 24.4 Å². The quantitative estimate of drug-likeness (QED) is 0.338. The highest BCUT2D eigenvalue weighted by Gasteiger charge is 2.21. The normalized spacial score (nSPS) is 18.4. The van der Waals surface area contributed by atoms with Crippen LogP contribution in [0.1, 0.15) is 13.8 Å². The molecule has 0 saturated carbocycles. The van der Waals surface area contributed by atoms with Gasteiger partial charge >= 0.3 is 0 Å². The zero-order valence-corrected chi connectivity index (χ0v) is 8.90. The molecular weight excluding hydrogens is 200 g/mol. The SMILES string of the molecule is CC(C)=C1C(=S)SSC1=S. The van der Waals surface area contributed by atoms with E-state index in [-0.39, 0.29) is 0 Å². The molecule has 0 radical (unpaired) electrons. The molecule has 0 amide bonds. The summed E-state index contributed by atoms with van der Waals surface area (Å²) in [5.74, 6) is 0. The lowest BCUT2D eigenvalue weighted by molar-refractivity contribution is 1.39. The Labute approximate surface area is 79.2 Å². The molecule has 0 aromatic heterocycles. The van der Waals surface area contributed by atoms with Gasteiger partial charge in [-0.1, -0.05) is 30.0 Å². The van der Waals surface area contributed by atoms with Gasteiger partial charge in [0.25, 0.3) is 0 Å². The van der Waals surface area contributed by atoms with E-state index >= 15 is 0 Å². The van der Waals surface area contributed by atoms with Gasteiger partial charge in [-0.3, -0.25) is 0 Å². The highest BCUT2D eigenvalue weighted by atomic mass is 33.1. The summed E-state index contributed by atoms with van der Waals surface area (Å²) in [6.07, 6.45) is 0. The van der Waals surface area contributed by atoms with Gasteiger partial charge in [0.2, 0.25) is 0 Å². The highest BCUT2D eigenvalue weighted by molar-refractivity contribution is 8.91. The van der Waals surface area contributed by atoms with Gasteiger partial charge in [-0.25, -0.2) is 0 Å². The third-order valence-electron chi connectivity index (χ3n) is 1.10. The van der Waals surface area contributed by atoms with Crippen molar-refractivity contribution in [3.05, 3.63) is 11.1 Å². The molecule has 1 aliphatic rings. The number of rotatable bonds is 0. The van der Waals surface area contributed by atoms with Crippen molar-refractivity contribution in [2.75, 3.05) is 0 Å². The maximum absolute atomic E-state index is 5.09. The first kappa shape index (κ1) is 8.71. The maximum atomic E-state index is 5.09. The van der Waals surface area contributed by atoms with Crippen LogP contribution in [0.2, 0.25) is 0 Å². The number of hydrogen-bond donors (Lipinski definition) is 0. The molecule has 0 N–H and O–H groups in total. The summed E-state index contributed by atoms with van der Waals surface area (Å²) in [5.41, 5.74) is 2.34. The van der Waals surface area contributed by atoms with Gasteiger partial charge < -0.3 is 0 Å². The first-order valence-electron chi connectivity index (χ1n) is 2.73. The van der Waals surface area contributed by atoms with Crippen LogP contribution < -0.4 is 0 Å². The molecule has 10 heavy (non-hydrogen) atoms. The minimum Gasteiger partial charge on any atom is -0.0709 e. The molecule has 0 atom stereocenters. The predicted octanol–water partition coefficient (Wildman–Crippen LogP) is 3.37. The first-order chi connectivity index (χ1) is 4.63. The van der Waals surface area contributed by atoms with Gasteiger partial charge in [-0.2, -0.15) is 0 Å². The Balaban J connectivity index is 3.05. The van der Waals surface area contributed by atoms with Crippen molar-refractivity contribution in [1.82, 2.24) is 0 Å². The minimum absolute atomic E-state index is 0.940. The van der Waals surface area contributed by atoms with Crippen molar-refractivity contribution in [1.29, 1.82) is 0 Å². The molecule has 1 saturated heterocycles. The Morgan fingerprint density at radius 1 is 1.10 bits per heavy atom. The average molecular weight is 206 g/mol.